The number of sulfonamides is 1. The highest BCUT2D eigenvalue weighted by Crippen LogP contribution is 2.22. The van der Waals surface area contributed by atoms with E-state index in [1.165, 1.54) is 19.2 Å². The molecule has 7 heteroatoms. The number of hydrogen-bond donors (Lipinski definition) is 2. The number of nitrogen functional groups attached to an aromatic ring is 1. The lowest BCUT2D eigenvalue weighted by Gasteiger charge is -2.18. The number of anilines is 1. The lowest BCUT2D eigenvalue weighted by molar-refractivity contribution is 0.0692. The number of carbonyl (C=O) groups is 1. The number of nitrogens with zero attached hydrogens (tertiary/aromatic N) is 1. The monoisotopic (exact) mass is 286 g/mol. The van der Waals surface area contributed by atoms with E-state index in [0.29, 0.717) is 13.0 Å². The van der Waals surface area contributed by atoms with Gasteiger partial charge in [-0.1, -0.05) is 13.3 Å². The first-order valence-electron chi connectivity index (χ1n) is 5.90. The molecule has 6 nitrogen and oxygen atoms in total. The van der Waals surface area contributed by atoms with E-state index in [-0.39, 0.29) is 16.1 Å². The average Bonchev–Trinajstić information content (AvgIpc) is 2.35. The molecule has 0 amide bonds. The fourth-order valence-corrected chi connectivity index (χ4v) is 2.98. The third-order valence-electron chi connectivity index (χ3n) is 2.75. The van der Waals surface area contributed by atoms with Crippen molar-refractivity contribution in [2.45, 2.75) is 24.7 Å². The highest BCUT2D eigenvalue weighted by atomic mass is 32.2. The Morgan fingerprint density at radius 1 is 1.42 bits per heavy atom. The Bertz CT molecular complexity index is 569. The molecule has 0 radical (unpaired) electrons. The summed E-state index contributed by atoms with van der Waals surface area (Å²) in [5.74, 6) is -1.31. The maximum Gasteiger partial charge on any atom is 0.337 e. The standard InChI is InChI=1S/C12H18N2O4S/c1-3-4-7-14(2)19(17,18)11-6-5-9(13)8-10(11)12(15)16/h5-6,8H,3-4,7,13H2,1-2H3,(H,15,16). The van der Waals surface area contributed by atoms with E-state index >= 15 is 0 Å². The van der Waals surface area contributed by atoms with Crippen LogP contribution in [0.5, 0.6) is 0 Å². The van der Waals surface area contributed by atoms with Gasteiger partial charge in [-0.2, -0.15) is 0 Å². The topological polar surface area (TPSA) is 101 Å². The minimum absolute atomic E-state index is 0.215. The number of benzene rings is 1. The van der Waals surface area contributed by atoms with Crippen molar-refractivity contribution in [2.75, 3.05) is 19.3 Å². The lowest BCUT2D eigenvalue weighted by atomic mass is 10.2. The number of carboxylic acid groups (broad SMARTS) is 1. The lowest BCUT2D eigenvalue weighted by Crippen LogP contribution is -2.29. The zero-order chi connectivity index (χ0) is 14.6. The molecule has 0 aliphatic carbocycles. The Hall–Kier alpha value is -1.60. The van der Waals surface area contributed by atoms with Crippen molar-refractivity contribution in [1.82, 2.24) is 4.31 Å². The van der Waals surface area contributed by atoms with Crippen LogP contribution < -0.4 is 5.73 Å². The number of nitrogens with two attached hydrogens (primary N) is 1. The van der Waals surface area contributed by atoms with Gasteiger partial charge in [0, 0.05) is 19.3 Å². The molecule has 0 bridgehead atoms. The zero-order valence-electron chi connectivity index (χ0n) is 11.0. The van der Waals surface area contributed by atoms with Crippen LogP contribution in [0.2, 0.25) is 0 Å². The van der Waals surface area contributed by atoms with Crippen LogP contribution in [0.4, 0.5) is 5.69 Å². The predicted molar refractivity (Wildman–Crippen MR) is 72.5 cm³/mol. The maximum absolute atomic E-state index is 12.3. The van der Waals surface area contributed by atoms with Crippen LogP contribution in [0.25, 0.3) is 0 Å². The molecule has 1 aromatic rings. The van der Waals surface area contributed by atoms with Gasteiger partial charge in [0.05, 0.1) is 10.5 Å². The van der Waals surface area contributed by atoms with Crippen LogP contribution in [0.1, 0.15) is 30.1 Å². The van der Waals surface area contributed by atoms with E-state index in [4.69, 9.17) is 10.8 Å². The average molecular weight is 286 g/mol. The molecule has 0 aliphatic heterocycles. The van der Waals surface area contributed by atoms with Crippen LogP contribution in [0.15, 0.2) is 23.1 Å². The smallest absolute Gasteiger partial charge is 0.337 e. The van der Waals surface area contributed by atoms with Crippen molar-refractivity contribution in [3.63, 3.8) is 0 Å². The summed E-state index contributed by atoms with van der Waals surface area (Å²) in [4.78, 5) is 10.9. The highest BCUT2D eigenvalue weighted by Gasteiger charge is 2.26. The Morgan fingerprint density at radius 2 is 2.05 bits per heavy atom. The Kier molecular flexibility index (Phi) is 4.90. The summed E-state index contributed by atoms with van der Waals surface area (Å²) in [6, 6.07) is 3.77. The third kappa shape index (κ3) is 3.45. The summed E-state index contributed by atoms with van der Waals surface area (Å²) < 4.78 is 25.8. The number of rotatable bonds is 6. The molecule has 0 aliphatic rings. The second-order valence-corrected chi connectivity index (χ2v) is 6.25. The first-order valence-corrected chi connectivity index (χ1v) is 7.34. The minimum Gasteiger partial charge on any atom is -0.478 e. The molecule has 3 N–H and O–H groups in total. The van der Waals surface area contributed by atoms with Gasteiger partial charge in [0.1, 0.15) is 0 Å². The van der Waals surface area contributed by atoms with E-state index in [1.54, 1.807) is 0 Å². The first-order chi connectivity index (χ1) is 8.80. The van der Waals surface area contributed by atoms with Crippen molar-refractivity contribution in [3.8, 4) is 0 Å². The van der Waals surface area contributed by atoms with Crippen LogP contribution in [-0.4, -0.2) is 37.4 Å². The van der Waals surface area contributed by atoms with E-state index in [0.717, 1.165) is 16.8 Å². The maximum atomic E-state index is 12.3. The second-order valence-electron chi connectivity index (χ2n) is 4.24. The number of aromatic carboxylic acids is 1. The fourth-order valence-electron chi connectivity index (χ4n) is 1.61. The predicted octanol–water partition coefficient (Wildman–Crippen LogP) is 1.39. The zero-order valence-corrected chi connectivity index (χ0v) is 11.8. The van der Waals surface area contributed by atoms with Gasteiger partial charge in [-0.3, -0.25) is 0 Å². The molecule has 0 unspecified atom stereocenters. The molecule has 19 heavy (non-hydrogen) atoms. The Balaban J connectivity index is 3.25. The number of carboxylic acids is 1. The van der Waals surface area contributed by atoms with E-state index in [2.05, 4.69) is 0 Å². The Labute approximate surface area is 112 Å². The largest absolute Gasteiger partial charge is 0.478 e. The number of unbranched alkanes of at least 4 members (excludes halogenated alkanes) is 1. The van der Waals surface area contributed by atoms with Crippen molar-refractivity contribution < 1.29 is 18.3 Å². The van der Waals surface area contributed by atoms with Gasteiger partial charge in [0.2, 0.25) is 10.0 Å². The molecule has 1 rings (SSSR count). The molecule has 1 aromatic carbocycles. The molecule has 0 spiro atoms. The van der Waals surface area contributed by atoms with Gasteiger partial charge in [-0.05, 0) is 24.6 Å². The van der Waals surface area contributed by atoms with Crippen LogP contribution in [0, 0.1) is 0 Å². The van der Waals surface area contributed by atoms with Crippen molar-refractivity contribution in [2.24, 2.45) is 0 Å². The Morgan fingerprint density at radius 3 is 2.58 bits per heavy atom. The minimum atomic E-state index is -3.81. The van der Waals surface area contributed by atoms with Gasteiger partial charge < -0.3 is 10.8 Å². The van der Waals surface area contributed by atoms with Gasteiger partial charge in [0.25, 0.3) is 0 Å². The van der Waals surface area contributed by atoms with Crippen LogP contribution in [0.3, 0.4) is 0 Å². The van der Waals surface area contributed by atoms with Crippen LogP contribution >= 0.6 is 0 Å². The van der Waals surface area contributed by atoms with Crippen molar-refractivity contribution >= 4 is 21.7 Å². The molecule has 0 atom stereocenters. The molecule has 0 saturated carbocycles. The molecular formula is C12H18N2O4S. The van der Waals surface area contributed by atoms with E-state index in [1.807, 2.05) is 6.92 Å². The fraction of sp³-hybridized carbons (Fsp3) is 0.417. The summed E-state index contributed by atoms with van der Waals surface area (Å²) in [5, 5.41) is 9.07. The summed E-state index contributed by atoms with van der Waals surface area (Å²) in [7, 11) is -2.37. The van der Waals surface area contributed by atoms with Gasteiger partial charge >= 0.3 is 5.97 Å². The first kappa shape index (κ1) is 15.5. The molecule has 106 valence electrons. The molecule has 0 heterocycles. The molecular weight excluding hydrogens is 268 g/mol. The molecule has 0 saturated heterocycles. The van der Waals surface area contributed by atoms with Crippen molar-refractivity contribution in [3.05, 3.63) is 23.8 Å². The second kappa shape index (κ2) is 6.03. The summed E-state index contributed by atoms with van der Waals surface area (Å²) in [5.41, 5.74) is 5.41. The summed E-state index contributed by atoms with van der Waals surface area (Å²) in [6.45, 7) is 2.30. The van der Waals surface area contributed by atoms with Crippen LogP contribution in [-0.2, 0) is 10.0 Å². The van der Waals surface area contributed by atoms with E-state index < -0.39 is 16.0 Å². The quantitative estimate of drug-likeness (QED) is 0.769. The summed E-state index contributed by atoms with van der Waals surface area (Å²) in [6.07, 6.45) is 1.57. The highest BCUT2D eigenvalue weighted by molar-refractivity contribution is 7.89. The molecule has 0 fully saturated rings. The van der Waals surface area contributed by atoms with Gasteiger partial charge in [0.15, 0.2) is 0 Å². The van der Waals surface area contributed by atoms with Crippen molar-refractivity contribution in [1.29, 1.82) is 0 Å². The molecule has 0 aromatic heterocycles. The van der Waals surface area contributed by atoms with Gasteiger partial charge in [-0.25, -0.2) is 17.5 Å². The van der Waals surface area contributed by atoms with Gasteiger partial charge in [-0.15, -0.1) is 0 Å². The summed E-state index contributed by atoms with van der Waals surface area (Å²) >= 11 is 0. The number of hydrogen-bond acceptors (Lipinski definition) is 4. The van der Waals surface area contributed by atoms with E-state index in [9.17, 15) is 13.2 Å². The SMILES string of the molecule is CCCCN(C)S(=O)(=O)c1ccc(N)cc1C(=O)O. The normalized spacial score (nSPS) is 11.7. The third-order valence-corrected chi connectivity index (χ3v) is 4.66.